The average Bonchev–Trinajstić information content (AvgIpc) is 3.00. The molecular weight excluding hydrogens is 326 g/mol. The number of thioether (sulfide) groups is 1. The Labute approximate surface area is 145 Å². The Bertz CT molecular complexity index is 683. The number of hydrogen-bond acceptors (Lipinski definition) is 5. The summed E-state index contributed by atoms with van der Waals surface area (Å²) >= 11 is 1.34. The van der Waals surface area contributed by atoms with Gasteiger partial charge in [0.15, 0.2) is 5.16 Å². The number of nitrogens with zero attached hydrogens (tertiary/aromatic N) is 2. The predicted molar refractivity (Wildman–Crippen MR) is 94.2 cm³/mol. The maximum atomic E-state index is 11.7. The zero-order chi connectivity index (χ0) is 17.4. The summed E-state index contributed by atoms with van der Waals surface area (Å²) < 4.78 is 7.07. The fraction of sp³-hybridized carbons (Fsp3) is 0.294. The quantitative estimate of drug-likeness (QED) is 0.535. The van der Waals surface area contributed by atoms with E-state index in [1.807, 2.05) is 28.8 Å². The van der Waals surface area contributed by atoms with Crippen LogP contribution in [0.2, 0.25) is 0 Å². The first-order chi connectivity index (χ1) is 11.7. The van der Waals surface area contributed by atoms with Crippen LogP contribution in [0.15, 0.2) is 48.3 Å². The van der Waals surface area contributed by atoms with Gasteiger partial charge >= 0.3 is 0 Å². The fourth-order valence-corrected chi connectivity index (χ4v) is 2.91. The van der Waals surface area contributed by atoms with E-state index in [2.05, 4.69) is 16.9 Å². The van der Waals surface area contributed by atoms with Crippen LogP contribution in [0.25, 0.3) is 0 Å². The fourth-order valence-electron chi connectivity index (χ4n) is 2.08. The second-order valence-electron chi connectivity index (χ2n) is 5.01. The lowest BCUT2D eigenvalue weighted by Gasteiger charge is -2.11. The number of aromatic nitrogens is 2. The number of benzene rings is 1. The number of nitrogens with one attached hydrogen (secondary N) is 1. The molecule has 1 amide bonds. The van der Waals surface area contributed by atoms with Crippen LogP contribution in [0, 0.1) is 0 Å². The molecule has 2 aromatic rings. The van der Waals surface area contributed by atoms with Crippen molar-refractivity contribution in [3.05, 3.63) is 54.4 Å². The minimum atomic E-state index is -0.105. The number of hydrogen-bond donors (Lipinski definition) is 2. The van der Waals surface area contributed by atoms with E-state index in [0.717, 1.165) is 11.3 Å². The Morgan fingerprint density at radius 1 is 1.46 bits per heavy atom. The molecule has 2 rings (SSSR count). The number of carbonyl (C=O) groups excluding carboxylic acids is 1. The average molecular weight is 347 g/mol. The molecule has 0 aliphatic rings. The van der Waals surface area contributed by atoms with Gasteiger partial charge in [-0.1, -0.05) is 30.0 Å². The Morgan fingerprint density at radius 2 is 2.21 bits per heavy atom. The van der Waals surface area contributed by atoms with E-state index in [-0.39, 0.29) is 18.3 Å². The molecule has 0 aliphatic carbocycles. The Morgan fingerprint density at radius 3 is 2.83 bits per heavy atom. The lowest BCUT2D eigenvalue weighted by Crippen LogP contribution is -2.25. The number of aliphatic hydroxyl groups is 1. The third-order valence-corrected chi connectivity index (χ3v) is 4.33. The van der Waals surface area contributed by atoms with E-state index in [1.165, 1.54) is 11.8 Å². The zero-order valence-corrected chi connectivity index (χ0v) is 14.4. The number of ether oxygens (including phenoxy) is 1. The minimum absolute atomic E-state index is 0.0792. The Hall–Kier alpha value is -2.25. The van der Waals surface area contributed by atoms with Crippen molar-refractivity contribution in [2.45, 2.75) is 18.3 Å². The van der Waals surface area contributed by atoms with Gasteiger partial charge in [-0.15, -0.1) is 6.58 Å². The van der Waals surface area contributed by atoms with E-state index >= 15 is 0 Å². The van der Waals surface area contributed by atoms with Gasteiger partial charge in [0.05, 0.1) is 31.4 Å². The largest absolute Gasteiger partial charge is 0.497 e. The molecule has 0 fully saturated rings. The standard InChI is InChI=1S/C17H21N3O3S/c1-3-8-18-16(22)12-24-17-19-9-14(11-21)20(17)10-13-4-6-15(23-2)7-5-13/h3-7,9,21H,1,8,10-12H2,2H3,(H,18,22). The van der Waals surface area contributed by atoms with Gasteiger partial charge in [0.25, 0.3) is 0 Å². The topological polar surface area (TPSA) is 76.4 Å². The number of carbonyl (C=O) groups is 1. The molecule has 0 radical (unpaired) electrons. The Kier molecular flexibility index (Phi) is 6.89. The molecule has 128 valence electrons. The van der Waals surface area contributed by atoms with E-state index in [4.69, 9.17) is 4.74 Å². The maximum Gasteiger partial charge on any atom is 0.230 e. The molecule has 0 saturated carbocycles. The first kappa shape index (κ1) is 18.1. The number of rotatable bonds is 9. The second-order valence-corrected chi connectivity index (χ2v) is 5.95. The van der Waals surface area contributed by atoms with Crippen molar-refractivity contribution < 1.29 is 14.6 Å². The van der Waals surface area contributed by atoms with Gasteiger partial charge in [0.2, 0.25) is 5.91 Å². The van der Waals surface area contributed by atoms with E-state index in [9.17, 15) is 9.90 Å². The second kappa shape index (κ2) is 9.14. The molecule has 1 aromatic heterocycles. The van der Waals surface area contributed by atoms with Crippen LogP contribution >= 0.6 is 11.8 Å². The van der Waals surface area contributed by atoms with E-state index in [1.54, 1.807) is 19.4 Å². The highest BCUT2D eigenvalue weighted by Gasteiger charge is 2.12. The van der Waals surface area contributed by atoms with Crippen molar-refractivity contribution in [2.24, 2.45) is 0 Å². The smallest absolute Gasteiger partial charge is 0.230 e. The molecule has 2 N–H and O–H groups in total. The molecule has 1 heterocycles. The summed E-state index contributed by atoms with van der Waals surface area (Å²) in [6.45, 7) is 4.47. The number of imidazole rings is 1. The van der Waals surface area contributed by atoms with E-state index in [0.29, 0.717) is 23.9 Å². The van der Waals surface area contributed by atoms with Crippen LogP contribution in [-0.2, 0) is 17.9 Å². The van der Waals surface area contributed by atoms with Crippen LogP contribution in [0.5, 0.6) is 5.75 Å². The van der Waals surface area contributed by atoms with Crippen molar-refractivity contribution in [1.29, 1.82) is 0 Å². The van der Waals surface area contributed by atoms with Gasteiger partial charge in [0.1, 0.15) is 5.75 Å². The number of methoxy groups -OCH3 is 1. The highest BCUT2D eigenvalue weighted by atomic mass is 32.2. The summed E-state index contributed by atoms with van der Waals surface area (Å²) in [5.41, 5.74) is 1.77. The van der Waals surface area contributed by atoms with Gasteiger partial charge in [-0.25, -0.2) is 4.98 Å². The Balaban J connectivity index is 2.08. The number of aliphatic hydroxyl groups excluding tert-OH is 1. The molecular formula is C17H21N3O3S. The van der Waals surface area contributed by atoms with Gasteiger partial charge in [-0.05, 0) is 17.7 Å². The maximum absolute atomic E-state index is 11.7. The third kappa shape index (κ3) is 4.87. The van der Waals surface area contributed by atoms with Crippen LogP contribution < -0.4 is 10.1 Å². The predicted octanol–water partition coefficient (Wildman–Crippen LogP) is 1.83. The summed E-state index contributed by atoms with van der Waals surface area (Å²) in [4.78, 5) is 16.0. The molecule has 0 atom stereocenters. The van der Waals surface area contributed by atoms with Crippen LogP contribution in [0.3, 0.4) is 0 Å². The highest BCUT2D eigenvalue weighted by molar-refractivity contribution is 7.99. The van der Waals surface area contributed by atoms with Crippen LogP contribution in [-0.4, -0.2) is 40.0 Å². The molecule has 24 heavy (non-hydrogen) atoms. The normalized spacial score (nSPS) is 10.4. The summed E-state index contributed by atoms with van der Waals surface area (Å²) in [6.07, 6.45) is 3.27. The van der Waals surface area contributed by atoms with E-state index < -0.39 is 0 Å². The summed E-state index contributed by atoms with van der Waals surface area (Å²) in [5, 5.41) is 12.9. The van der Waals surface area contributed by atoms with Gasteiger partial charge in [0, 0.05) is 13.1 Å². The number of amides is 1. The highest BCUT2D eigenvalue weighted by Crippen LogP contribution is 2.21. The van der Waals surface area contributed by atoms with Crippen molar-refractivity contribution in [3.63, 3.8) is 0 Å². The monoisotopic (exact) mass is 347 g/mol. The lowest BCUT2D eigenvalue weighted by molar-refractivity contribution is -0.118. The summed E-state index contributed by atoms with van der Waals surface area (Å²) in [7, 11) is 1.63. The van der Waals surface area contributed by atoms with Gasteiger partial charge < -0.3 is 19.7 Å². The lowest BCUT2D eigenvalue weighted by atomic mass is 10.2. The van der Waals surface area contributed by atoms with Crippen LogP contribution in [0.1, 0.15) is 11.3 Å². The van der Waals surface area contributed by atoms with Crippen LogP contribution in [0.4, 0.5) is 0 Å². The molecule has 1 aromatic carbocycles. The van der Waals surface area contributed by atoms with Crippen molar-refractivity contribution in [3.8, 4) is 5.75 Å². The SMILES string of the molecule is C=CCNC(=O)CSc1ncc(CO)n1Cc1ccc(OC)cc1. The zero-order valence-electron chi connectivity index (χ0n) is 13.6. The first-order valence-electron chi connectivity index (χ1n) is 7.46. The van der Waals surface area contributed by atoms with Crippen molar-refractivity contribution in [1.82, 2.24) is 14.9 Å². The molecule has 6 nitrogen and oxygen atoms in total. The summed E-state index contributed by atoms with van der Waals surface area (Å²) in [6, 6.07) is 7.71. The first-order valence-corrected chi connectivity index (χ1v) is 8.45. The van der Waals surface area contributed by atoms with Crippen molar-refractivity contribution in [2.75, 3.05) is 19.4 Å². The molecule has 0 unspecified atom stereocenters. The molecule has 0 bridgehead atoms. The third-order valence-electron chi connectivity index (χ3n) is 3.34. The molecule has 7 heteroatoms. The van der Waals surface area contributed by atoms with Crippen molar-refractivity contribution >= 4 is 17.7 Å². The minimum Gasteiger partial charge on any atom is -0.497 e. The molecule has 0 aliphatic heterocycles. The molecule has 0 saturated heterocycles. The molecule has 0 spiro atoms. The van der Waals surface area contributed by atoms with Gasteiger partial charge in [-0.3, -0.25) is 4.79 Å². The van der Waals surface area contributed by atoms with Gasteiger partial charge in [-0.2, -0.15) is 0 Å². The summed E-state index contributed by atoms with van der Waals surface area (Å²) in [5.74, 6) is 0.975.